The molecule has 104 valence electrons. The van der Waals surface area contributed by atoms with Crippen molar-refractivity contribution < 1.29 is 30.7 Å². The smallest absolute Gasteiger partial charge is 0.408 e. The summed E-state index contributed by atoms with van der Waals surface area (Å²) in [5, 5.41) is 19.8. The molecule has 0 heterocycles. The molecule has 0 radical (unpaired) electrons. The number of nitrogens with one attached hydrogen (secondary N) is 1. The third-order valence-electron chi connectivity index (χ3n) is 1.92. The zero-order chi connectivity index (χ0) is 15.3. The van der Waals surface area contributed by atoms with Crippen LogP contribution in [0.5, 0.6) is 0 Å². The molecule has 7 heteroatoms. The number of amides is 1. The minimum atomic E-state index is -1.96. The fraction of sp³-hybridized carbons (Fsp3) is 0.727. The van der Waals surface area contributed by atoms with E-state index in [2.05, 4.69) is 5.32 Å². The van der Waals surface area contributed by atoms with Crippen LogP contribution in [0, 0.1) is 0 Å². The number of hydrogen-bond donors (Lipinski definition) is 3. The normalized spacial score (nSPS) is 15.2. The monoisotopic (exact) mass is 262 g/mol. The van der Waals surface area contributed by atoms with Gasteiger partial charge >= 0.3 is 18.0 Å². The van der Waals surface area contributed by atoms with Gasteiger partial charge in [0.15, 0.2) is 0 Å². The summed E-state index contributed by atoms with van der Waals surface area (Å²) < 4.78 is 12.2. The SMILES string of the molecule is [2H]C[C@@](CCC(=O)O)(NC(=O)OC(C)(C)C)C(=O)O. The van der Waals surface area contributed by atoms with Crippen molar-refractivity contribution in [3.63, 3.8) is 0 Å². The Morgan fingerprint density at radius 3 is 2.17 bits per heavy atom. The van der Waals surface area contributed by atoms with Gasteiger partial charge in [0.25, 0.3) is 0 Å². The molecule has 3 N–H and O–H groups in total. The molecule has 0 aromatic carbocycles. The van der Waals surface area contributed by atoms with Crippen molar-refractivity contribution in [2.45, 2.75) is 51.7 Å². The first kappa shape index (κ1) is 14.3. The molecule has 0 unspecified atom stereocenters. The summed E-state index contributed by atoms with van der Waals surface area (Å²) in [6.07, 6.45) is -1.85. The lowest BCUT2D eigenvalue weighted by Crippen LogP contribution is -2.53. The number of carboxylic acid groups (broad SMARTS) is 2. The molecule has 0 aromatic rings. The Morgan fingerprint density at radius 1 is 1.28 bits per heavy atom. The van der Waals surface area contributed by atoms with Gasteiger partial charge in [0, 0.05) is 7.79 Å². The van der Waals surface area contributed by atoms with Gasteiger partial charge < -0.3 is 20.3 Å². The first-order valence-electron chi connectivity index (χ1n) is 5.99. The van der Waals surface area contributed by atoms with E-state index in [-0.39, 0.29) is 6.42 Å². The molecule has 0 saturated heterocycles. The quantitative estimate of drug-likeness (QED) is 0.686. The summed E-state index contributed by atoms with van der Waals surface area (Å²) in [4.78, 5) is 33.2. The first-order chi connectivity index (χ1) is 8.52. The Morgan fingerprint density at radius 2 is 1.83 bits per heavy atom. The van der Waals surface area contributed by atoms with Crippen LogP contribution >= 0.6 is 0 Å². The summed E-state index contributed by atoms with van der Waals surface area (Å²) in [5.74, 6) is -2.67. The van der Waals surface area contributed by atoms with Gasteiger partial charge in [-0.05, 0) is 34.1 Å². The molecule has 0 fully saturated rings. The molecule has 18 heavy (non-hydrogen) atoms. The van der Waals surface area contributed by atoms with Crippen LogP contribution in [0.2, 0.25) is 0 Å². The number of alkyl carbamates (subject to hydrolysis) is 1. The summed E-state index contributed by atoms with van der Waals surface area (Å²) in [6, 6.07) is 0. The number of ether oxygens (including phenoxy) is 1. The number of aliphatic carboxylic acids is 2. The largest absolute Gasteiger partial charge is 0.481 e. The average Bonchev–Trinajstić information content (AvgIpc) is 2.20. The molecule has 0 bridgehead atoms. The molecule has 1 amide bonds. The maximum absolute atomic E-state index is 11.6. The second-order valence-electron chi connectivity index (χ2n) is 4.91. The molecule has 7 nitrogen and oxygen atoms in total. The Hall–Kier alpha value is -1.79. The van der Waals surface area contributed by atoms with Crippen molar-refractivity contribution in [3.05, 3.63) is 0 Å². The Bertz CT molecular complexity index is 365. The molecule has 0 aliphatic heterocycles. The Kier molecular flexibility index (Phi) is 4.52. The van der Waals surface area contributed by atoms with E-state index >= 15 is 0 Å². The van der Waals surface area contributed by atoms with Gasteiger partial charge in [0.05, 0.1) is 0 Å². The van der Waals surface area contributed by atoms with E-state index in [0.717, 1.165) is 0 Å². The molecular formula is C11H19NO6. The van der Waals surface area contributed by atoms with Crippen LogP contribution in [0.25, 0.3) is 0 Å². The topological polar surface area (TPSA) is 113 Å². The van der Waals surface area contributed by atoms with Crippen molar-refractivity contribution in [1.82, 2.24) is 5.32 Å². The van der Waals surface area contributed by atoms with Crippen LogP contribution in [0.4, 0.5) is 4.79 Å². The van der Waals surface area contributed by atoms with Crippen molar-refractivity contribution >= 4 is 18.0 Å². The van der Waals surface area contributed by atoms with Gasteiger partial charge in [-0.25, -0.2) is 9.59 Å². The average molecular weight is 262 g/mol. The van der Waals surface area contributed by atoms with Crippen molar-refractivity contribution in [3.8, 4) is 0 Å². The highest BCUT2D eigenvalue weighted by atomic mass is 16.6. The van der Waals surface area contributed by atoms with E-state index < -0.39 is 42.5 Å². The van der Waals surface area contributed by atoms with Gasteiger partial charge in [-0.2, -0.15) is 0 Å². The molecule has 0 aliphatic rings. The molecular weight excluding hydrogens is 242 g/mol. The summed E-state index contributed by atoms with van der Waals surface area (Å²) in [5.41, 5.74) is -2.77. The molecule has 0 saturated carbocycles. The van der Waals surface area contributed by atoms with Crippen molar-refractivity contribution in [2.24, 2.45) is 0 Å². The summed E-state index contributed by atoms with van der Waals surface area (Å²) >= 11 is 0. The second-order valence-corrected chi connectivity index (χ2v) is 4.91. The summed E-state index contributed by atoms with van der Waals surface area (Å²) in [7, 11) is 0. The predicted molar refractivity (Wildman–Crippen MR) is 62.3 cm³/mol. The lowest BCUT2D eigenvalue weighted by atomic mass is 9.96. The Labute approximate surface area is 107 Å². The van der Waals surface area contributed by atoms with Crippen LogP contribution in [0.3, 0.4) is 0 Å². The summed E-state index contributed by atoms with van der Waals surface area (Å²) in [6.45, 7) is 4.13. The van der Waals surface area contributed by atoms with E-state index in [9.17, 15) is 14.4 Å². The number of carbonyl (C=O) groups is 3. The van der Waals surface area contributed by atoms with E-state index in [0.29, 0.717) is 0 Å². The van der Waals surface area contributed by atoms with Gasteiger partial charge in [0.1, 0.15) is 11.1 Å². The maximum atomic E-state index is 11.6. The predicted octanol–water partition coefficient (Wildman–Crippen LogP) is 1.22. The van der Waals surface area contributed by atoms with Crippen LogP contribution in [0.1, 0.15) is 41.9 Å². The highest BCUT2D eigenvalue weighted by molar-refractivity contribution is 5.84. The second kappa shape index (κ2) is 5.70. The highest BCUT2D eigenvalue weighted by Crippen LogP contribution is 2.15. The van der Waals surface area contributed by atoms with Crippen molar-refractivity contribution in [2.75, 3.05) is 0 Å². The third kappa shape index (κ3) is 6.07. The standard InChI is InChI=1S/C11H19NO6/c1-10(2,3)18-9(17)12-11(4,8(15)16)6-5-7(13)14/h5-6H2,1-4H3,(H,12,17)(H,13,14)(H,15,16)/t11-/m0/s1/i4D. The van der Waals surface area contributed by atoms with Crippen LogP contribution in [-0.2, 0) is 14.3 Å². The van der Waals surface area contributed by atoms with Crippen LogP contribution in [-0.4, -0.2) is 39.4 Å². The van der Waals surface area contributed by atoms with E-state index in [1.165, 1.54) is 0 Å². The number of hydrogen-bond acceptors (Lipinski definition) is 4. The number of carbonyl (C=O) groups excluding carboxylic acids is 1. The third-order valence-corrected chi connectivity index (χ3v) is 1.92. The zero-order valence-corrected chi connectivity index (χ0v) is 10.6. The van der Waals surface area contributed by atoms with Gasteiger partial charge in [-0.3, -0.25) is 4.79 Å². The Balaban J connectivity index is 4.90. The van der Waals surface area contributed by atoms with Gasteiger partial charge in [0.2, 0.25) is 0 Å². The van der Waals surface area contributed by atoms with Crippen LogP contribution < -0.4 is 5.32 Å². The zero-order valence-electron chi connectivity index (χ0n) is 11.6. The van der Waals surface area contributed by atoms with E-state index in [1.54, 1.807) is 20.8 Å². The van der Waals surface area contributed by atoms with E-state index in [4.69, 9.17) is 16.3 Å². The number of carboxylic acids is 2. The number of rotatable bonds is 5. The molecule has 0 spiro atoms. The molecule has 0 aliphatic carbocycles. The molecule has 1 atom stereocenters. The lowest BCUT2D eigenvalue weighted by Gasteiger charge is -2.28. The lowest BCUT2D eigenvalue weighted by molar-refractivity contribution is -0.145. The first-order valence-corrected chi connectivity index (χ1v) is 5.28. The van der Waals surface area contributed by atoms with E-state index in [1.807, 2.05) is 0 Å². The van der Waals surface area contributed by atoms with Gasteiger partial charge in [-0.1, -0.05) is 0 Å². The highest BCUT2D eigenvalue weighted by Gasteiger charge is 2.36. The van der Waals surface area contributed by atoms with Crippen LogP contribution in [0.15, 0.2) is 0 Å². The fourth-order valence-corrected chi connectivity index (χ4v) is 1.04. The molecule has 0 aromatic heterocycles. The maximum Gasteiger partial charge on any atom is 0.408 e. The fourth-order valence-electron chi connectivity index (χ4n) is 1.04. The minimum Gasteiger partial charge on any atom is -0.481 e. The van der Waals surface area contributed by atoms with Crippen molar-refractivity contribution in [1.29, 1.82) is 0 Å². The minimum absolute atomic E-state index is 0.388. The molecule has 0 rings (SSSR count). The van der Waals surface area contributed by atoms with Gasteiger partial charge in [-0.15, -0.1) is 0 Å².